The molecule has 1 atom stereocenters. The third-order valence-electron chi connectivity index (χ3n) is 6.28. The number of benzene rings is 3. The van der Waals surface area contributed by atoms with Crippen LogP contribution in [0.15, 0.2) is 77.7 Å². The Kier molecular flexibility index (Phi) is 7.05. The standard InChI is InChI=1S/C27H30N2O4S/c1-20-17-24(13-14-26(20)33-3)34(31,32)28(16-15-22-9-5-4-6-10-22)19-27(30)29-21(2)18-23-11-7-8-12-25(23)29/h4-14,17,21H,15-16,18-19H2,1-3H3. The fourth-order valence-electron chi connectivity index (χ4n) is 4.52. The maximum absolute atomic E-state index is 13.7. The van der Waals surface area contributed by atoms with Gasteiger partial charge in [-0.1, -0.05) is 48.5 Å². The summed E-state index contributed by atoms with van der Waals surface area (Å²) in [4.78, 5) is 15.4. The Morgan fingerprint density at radius 3 is 2.47 bits per heavy atom. The molecular formula is C27H30N2O4S. The number of carbonyl (C=O) groups is 1. The number of amides is 1. The minimum atomic E-state index is -3.91. The van der Waals surface area contributed by atoms with Gasteiger partial charge in [-0.15, -0.1) is 0 Å². The molecule has 0 saturated heterocycles. The number of sulfonamides is 1. The molecule has 3 aromatic carbocycles. The van der Waals surface area contributed by atoms with E-state index in [9.17, 15) is 13.2 Å². The summed E-state index contributed by atoms with van der Waals surface area (Å²) in [6.07, 6.45) is 1.27. The second-order valence-corrected chi connectivity index (χ2v) is 10.6. The fraction of sp³-hybridized carbons (Fsp3) is 0.296. The molecule has 1 heterocycles. The van der Waals surface area contributed by atoms with Crippen LogP contribution in [0.25, 0.3) is 0 Å². The first kappa shape index (κ1) is 24.0. The number of rotatable bonds is 8. The van der Waals surface area contributed by atoms with E-state index in [1.54, 1.807) is 31.1 Å². The lowest BCUT2D eigenvalue weighted by Crippen LogP contribution is -2.45. The van der Waals surface area contributed by atoms with Gasteiger partial charge in [-0.25, -0.2) is 8.42 Å². The molecule has 4 rings (SSSR count). The SMILES string of the molecule is COc1ccc(S(=O)(=O)N(CCc2ccccc2)CC(=O)N2c3ccccc3CC2C)cc1C. The van der Waals surface area contributed by atoms with Gasteiger partial charge in [0, 0.05) is 18.3 Å². The van der Waals surface area contributed by atoms with E-state index in [-0.39, 0.29) is 29.9 Å². The zero-order valence-electron chi connectivity index (χ0n) is 19.8. The number of aryl methyl sites for hydroxylation is 1. The lowest BCUT2D eigenvalue weighted by atomic mass is 10.1. The van der Waals surface area contributed by atoms with Gasteiger partial charge in [0.25, 0.3) is 0 Å². The van der Waals surface area contributed by atoms with Crippen molar-refractivity contribution in [2.45, 2.75) is 37.6 Å². The summed E-state index contributed by atoms with van der Waals surface area (Å²) in [6, 6.07) is 22.3. The van der Waals surface area contributed by atoms with Crippen molar-refractivity contribution in [2.75, 3.05) is 25.1 Å². The Morgan fingerprint density at radius 2 is 1.76 bits per heavy atom. The maximum atomic E-state index is 13.7. The van der Waals surface area contributed by atoms with Crippen LogP contribution >= 0.6 is 0 Å². The number of para-hydroxylation sites is 1. The van der Waals surface area contributed by atoms with Gasteiger partial charge in [0.15, 0.2) is 0 Å². The van der Waals surface area contributed by atoms with E-state index in [0.717, 1.165) is 28.8 Å². The molecule has 0 radical (unpaired) electrons. The van der Waals surface area contributed by atoms with Gasteiger partial charge in [-0.05, 0) is 67.6 Å². The Labute approximate surface area is 201 Å². The predicted octanol–water partition coefficient (Wildman–Crippen LogP) is 4.21. The Bertz CT molecular complexity index is 1270. The topological polar surface area (TPSA) is 66.9 Å². The summed E-state index contributed by atoms with van der Waals surface area (Å²) in [7, 11) is -2.36. The van der Waals surface area contributed by atoms with Crippen molar-refractivity contribution < 1.29 is 17.9 Å². The minimum absolute atomic E-state index is 0.0215. The second-order valence-electron chi connectivity index (χ2n) is 8.65. The van der Waals surface area contributed by atoms with Crippen molar-refractivity contribution >= 4 is 21.6 Å². The molecule has 1 aliphatic heterocycles. The van der Waals surface area contributed by atoms with E-state index in [1.165, 1.54) is 10.4 Å². The number of methoxy groups -OCH3 is 1. The highest BCUT2D eigenvalue weighted by Crippen LogP contribution is 2.32. The van der Waals surface area contributed by atoms with E-state index in [1.807, 2.05) is 61.5 Å². The molecule has 1 amide bonds. The Balaban J connectivity index is 1.64. The van der Waals surface area contributed by atoms with Crippen LogP contribution in [0.2, 0.25) is 0 Å². The van der Waals surface area contributed by atoms with Gasteiger partial charge in [-0.2, -0.15) is 4.31 Å². The van der Waals surface area contributed by atoms with Crippen LogP contribution in [0.1, 0.15) is 23.6 Å². The number of nitrogens with zero attached hydrogens (tertiary/aromatic N) is 2. The van der Waals surface area contributed by atoms with Crippen molar-refractivity contribution in [1.29, 1.82) is 0 Å². The molecule has 1 aliphatic rings. The van der Waals surface area contributed by atoms with Crippen LogP contribution in [0, 0.1) is 6.92 Å². The highest BCUT2D eigenvalue weighted by Gasteiger charge is 2.34. The van der Waals surface area contributed by atoms with Crippen LogP contribution < -0.4 is 9.64 Å². The molecular weight excluding hydrogens is 448 g/mol. The number of ether oxygens (including phenoxy) is 1. The summed E-state index contributed by atoms with van der Waals surface area (Å²) >= 11 is 0. The number of hydrogen-bond donors (Lipinski definition) is 0. The second kappa shape index (κ2) is 9.99. The molecule has 0 saturated carbocycles. The predicted molar refractivity (Wildman–Crippen MR) is 134 cm³/mol. The number of fused-ring (bicyclic) bond motifs is 1. The van der Waals surface area contributed by atoms with Crippen LogP contribution in [-0.4, -0.2) is 44.9 Å². The lowest BCUT2D eigenvalue weighted by molar-refractivity contribution is -0.119. The van der Waals surface area contributed by atoms with Gasteiger partial charge >= 0.3 is 0 Å². The molecule has 0 spiro atoms. The van der Waals surface area contributed by atoms with Gasteiger partial charge in [0.2, 0.25) is 15.9 Å². The van der Waals surface area contributed by atoms with Crippen LogP contribution in [0.4, 0.5) is 5.69 Å². The van der Waals surface area contributed by atoms with E-state index in [0.29, 0.717) is 12.2 Å². The summed E-state index contributed by atoms with van der Waals surface area (Å²) in [5, 5.41) is 0. The van der Waals surface area contributed by atoms with E-state index in [2.05, 4.69) is 0 Å². The minimum Gasteiger partial charge on any atom is -0.496 e. The first-order valence-corrected chi connectivity index (χ1v) is 12.8. The first-order valence-electron chi connectivity index (χ1n) is 11.4. The Morgan fingerprint density at radius 1 is 1.06 bits per heavy atom. The Hall–Kier alpha value is -3.16. The average molecular weight is 479 g/mol. The van der Waals surface area contributed by atoms with Gasteiger partial charge in [-0.3, -0.25) is 4.79 Å². The highest BCUT2D eigenvalue weighted by atomic mass is 32.2. The molecule has 34 heavy (non-hydrogen) atoms. The average Bonchev–Trinajstić information content (AvgIpc) is 3.17. The lowest BCUT2D eigenvalue weighted by Gasteiger charge is -2.28. The molecule has 1 unspecified atom stereocenters. The maximum Gasteiger partial charge on any atom is 0.243 e. The van der Waals surface area contributed by atoms with Crippen LogP contribution in [0.5, 0.6) is 5.75 Å². The number of hydrogen-bond acceptors (Lipinski definition) is 4. The molecule has 178 valence electrons. The van der Waals surface area contributed by atoms with Crippen molar-refractivity contribution in [3.05, 3.63) is 89.5 Å². The van der Waals surface area contributed by atoms with E-state index < -0.39 is 10.0 Å². The summed E-state index contributed by atoms with van der Waals surface area (Å²) in [6.45, 7) is 3.78. The number of anilines is 1. The van der Waals surface area contributed by atoms with Crippen LogP contribution in [-0.2, 0) is 27.7 Å². The summed E-state index contributed by atoms with van der Waals surface area (Å²) in [5.74, 6) is 0.396. The molecule has 3 aromatic rings. The summed E-state index contributed by atoms with van der Waals surface area (Å²) < 4.78 is 34.0. The monoisotopic (exact) mass is 478 g/mol. The zero-order valence-corrected chi connectivity index (χ0v) is 20.6. The van der Waals surface area contributed by atoms with Gasteiger partial charge < -0.3 is 9.64 Å². The molecule has 0 N–H and O–H groups in total. The van der Waals surface area contributed by atoms with Crippen molar-refractivity contribution in [3.8, 4) is 5.75 Å². The smallest absolute Gasteiger partial charge is 0.243 e. The third kappa shape index (κ3) is 4.86. The normalized spacial score (nSPS) is 15.4. The quantitative estimate of drug-likeness (QED) is 0.486. The highest BCUT2D eigenvalue weighted by molar-refractivity contribution is 7.89. The molecule has 0 bridgehead atoms. The van der Waals surface area contributed by atoms with E-state index >= 15 is 0 Å². The van der Waals surface area contributed by atoms with Crippen molar-refractivity contribution in [1.82, 2.24) is 4.31 Å². The molecule has 6 nitrogen and oxygen atoms in total. The van der Waals surface area contributed by atoms with Crippen molar-refractivity contribution in [3.63, 3.8) is 0 Å². The van der Waals surface area contributed by atoms with E-state index in [4.69, 9.17) is 4.74 Å². The molecule has 0 fully saturated rings. The fourth-order valence-corrected chi connectivity index (χ4v) is 5.99. The largest absolute Gasteiger partial charge is 0.496 e. The van der Waals surface area contributed by atoms with Gasteiger partial charge in [0.1, 0.15) is 5.75 Å². The summed E-state index contributed by atoms with van der Waals surface area (Å²) in [5.41, 5.74) is 3.70. The third-order valence-corrected chi connectivity index (χ3v) is 8.13. The zero-order chi connectivity index (χ0) is 24.3. The molecule has 0 aromatic heterocycles. The number of carbonyl (C=O) groups excluding carboxylic acids is 1. The van der Waals surface area contributed by atoms with Crippen molar-refractivity contribution in [2.24, 2.45) is 0 Å². The molecule has 7 heteroatoms. The van der Waals surface area contributed by atoms with Crippen LogP contribution in [0.3, 0.4) is 0 Å². The molecule has 0 aliphatic carbocycles. The van der Waals surface area contributed by atoms with Gasteiger partial charge in [0.05, 0.1) is 18.6 Å². The first-order chi connectivity index (χ1) is 16.3.